The van der Waals surface area contributed by atoms with Crippen LogP contribution in [0.1, 0.15) is 30.8 Å². The number of halogens is 2. The number of aryl methyl sites for hydroxylation is 2. The Morgan fingerprint density at radius 1 is 1.35 bits per heavy atom. The van der Waals surface area contributed by atoms with E-state index in [-0.39, 0.29) is 5.82 Å². The molecule has 0 aliphatic rings. The Labute approximate surface area is 123 Å². The highest BCUT2D eigenvalue weighted by molar-refractivity contribution is 6.31. The van der Waals surface area contributed by atoms with Crippen LogP contribution in [0.25, 0.3) is 0 Å². The first-order chi connectivity index (χ1) is 9.35. The molecule has 1 aromatic heterocycles. The SMILES string of the molecule is CCn1nc(C)c(Cl)c1CC(C)(O)c1ccc(F)cc1. The molecule has 0 amide bonds. The van der Waals surface area contributed by atoms with Crippen LogP contribution >= 0.6 is 11.6 Å². The van der Waals surface area contributed by atoms with E-state index in [0.717, 1.165) is 11.4 Å². The van der Waals surface area contributed by atoms with E-state index in [2.05, 4.69) is 5.10 Å². The monoisotopic (exact) mass is 296 g/mol. The third kappa shape index (κ3) is 2.86. The van der Waals surface area contributed by atoms with Gasteiger partial charge in [0.05, 0.1) is 22.0 Å². The van der Waals surface area contributed by atoms with Gasteiger partial charge in [-0.15, -0.1) is 0 Å². The number of nitrogens with zero attached hydrogens (tertiary/aromatic N) is 2. The summed E-state index contributed by atoms with van der Waals surface area (Å²) in [4.78, 5) is 0. The summed E-state index contributed by atoms with van der Waals surface area (Å²) in [5.74, 6) is -0.322. The van der Waals surface area contributed by atoms with E-state index in [0.29, 0.717) is 23.6 Å². The zero-order chi connectivity index (χ0) is 14.9. The predicted octanol–water partition coefficient (Wildman–Crippen LogP) is 3.45. The molecule has 0 fully saturated rings. The molecule has 1 N–H and O–H groups in total. The van der Waals surface area contributed by atoms with Gasteiger partial charge in [-0.3, -0.25) is 4.68 Å². The van der Waals surface area contributed by atoms with E-state index >= 15 is 0 Å². The first kappa shape index (κ1) is 15.0. The van der Waals surface area contributed by atoms with Crippen molar-refractivity contribution in [2.45, 2.75) is 39.3 Å². The van der Waals surface area contributed by atoms with Crippen LogP contribution in [0.5, 0.6) is 0 Å². The fourth-order valence-corrected chi connectivity index (χ4v) is 2.48. The van der Waals surface area contributed by atoms with Crippen molar-refractivity contribution >= 4 is 11.6 Å². The normalized spacial score (nSPS) is 14.3. The molecule has 1 unspecified atom stereocenters. The Balaban J connectivity index is 2.35. The van der Waals surface area contributed by atoms with E-state index in [9.17, 15) is 9.50 Å². The molecule has 20 heavy (non-hydrogen) atoms. The van der Waals surface area contributed by atoms with Crippen LogP contribution in [0.2, 0.25) is 5.02 Å². The summed E-state index contributed by atoms with van der Waals surface area (Å²) in [6.07, 6.45) is 0.326. The first-order valence-electron chi connectivity index (χ1n) is 6.55. The third-order valence-corrected chi connectivity index (χ3v) is 3.92. The maximum Gasteiger partial charge on any atom is 0.123 e. The third-order valence-electron chi connectivity index (χ3n) is 3.43. The van der Waals surface area contributed by atoms with Crippen molar-refractivity contribution in [2.24, 2.45) is 0 Å². The number of hydrogen-bond donors (Lipinski definition) is 1. The second-order valence-electron chi connectivity index (χ2n) is 5.12. The summed E-state index contributed by atoms with van der Waals surface area (Å²) in [6, 6.07) is 5.85. The minimum Gasteiger partial charge on any atom is -0.385 e. The van der Waals surface area contributed by atoms with Crippen molar-refractivity contribution in [3.05, 3.63) is 52.1 Å². The minimum absolute atomic E-state index is 0.322. The quantitative estimate of drug-likeness (QED) is 0.938. The van der Waals surface area contributed by atoms with Gasteiger partial charge in [-0.1, -0.05) is 23.7 Å². The molecule has 0 saturated heterocycles. The molecule has 0 radical (unpaired) electrons. The zero-order valence-electron chi connectivity index (χ0n) is 11.8. The van der Waals surface area contributed by atoms with E-state index in [1.807, 2.05) is 13.8 Å². The summed E-state index contributed by atoms with van der Waals surface area (Å²) in [7, 11) is 0. The van der Waals surface area contributed by atoms with E-state index in [1.54, 1.807) is 23.7 Å². The van der Waals surface area contributed by atoms with Gasteiger partial charge < -0.3 is 5.11 Å². The highest BCUT2D eigenvalue weighted by atomic mass is 35.5. The maximum absolute atomic E-state index is 13.0. The van der Waals surface area contributed by atoms with Gasteiger partial charge in [0.15, 0.2) is 0 Å². The van der Waals surface area contributed by atoms with Crippen molar-refractivity contribution in [3.63, 3.8) is 0 Å². The van der Waals surface area contributed by atoms with Gasteiger partial charge in [-0.25, -0.2) is 4.39 Å². The largest absolute Gasteiger partial charge is 0.385 e. The van der Waals surface area contributed by atoms with Crippen molar-refractivity contribution < 1.29 is 9.50 Å². The average molecular weight is 297 g/mol. The molecule has 2 aromatic rings. The second-order valence-corrected chi connectivity index (χ2v) is 5.50. The van der Waals surface area contributed by atoms with Gasteiger partial charge in [-0.05, 0) is 38.5 Å². The topological polar surface area (TPSA) is 38.0 Å². The fourth-order valence-electron chi connectivity index (χ4n) is 2.27. The number of aliphatic hydroxyl groups is 1. The highest BCUT2D eigenvalue weighted by Crippen LogP contribution is 2.30. The van der Waals surface area contributed by atoms with Crippen LogP contribution in [0.15, 0.2) is 24.3 Å². The second kappa shape index (κ2) is 5.54. The Hall–Kier alpha value is -1.39. The van der Waals surface area contributed by atoms with Crippen molar-refractivity contribution in [2.75, 3.05) is 0 Å². The number of benzene rings is 1. The van der Waals surface area contributed by atoms with Crippen LogP contribution in [-0.4, -0.2) is 14.9 Å². The fraction of sp³-hybridized carbons (Fsp3) is 0.400. The molecule has 0 aliphatic heterocycles. The van der Waals surface area contributed by atoms with Gasteiger partial charge in [0, 0.05) is 13.0 Å². The van der Waals surface area contributed by atoms with E-state index < -0.39 is 5.60 Å². The molecule has 2 rings (SSSR count). The minimum atomic E-state index is -1.13. The van der Waals surface area contributed by atoms with Crippen LogP contribution in [0.4, 0.5) is 4.39 Å². The van der Waals surface area contributed by atoms with Gasteiger partial charge in [0.25, 0.3) is 0 Å². The van der Waals surface area contributed by atoms with E-state index in [4.69, 9.17) is 11.6 Å². The van der Waals surface area contributed by atoms with Gasteiger partial charge in [0.2, 0.25) is 0 Å². The molecular weight excluding hydrogens is 279 g/mol. The van der Waals surface area contributed by atoms with Crippen LogP contribution in [-0.2, 0) is 18.6 Å². The van der Waals surface area contributed by atoms with E-state index in [1.165, 1.54) is 12.1 Å². The Bertz CT molecular complexity index is 605. The molecule has 0 saturated carbocycles. The number of hydrogen-bond acceptors (Lipinski definition) is 2. The lowest BCUT2D eigenvalue weighted by molar-refractivity contribution is 0.0553. The van der Waals surface area contributed by atoms with Crippen LogP contribution in [0.3, 0.4) is 0 Å². The number of rotatable bonds is 4. The molecule has 0 aliphatic carbocycles. The Morgan fingerprint density at radius 2 is 1.95 bits per heavy atom. The lowest BCUT2D eigenvalue weighted by Crippen LogP contribution is -2.26. The first-order valence-corrected chi connectivity index (χ1v) is 6.93. The molecule has 5 heteroatoms. The van der Waals surface area contributed by atoms with Crippen molar-refractivity contribution in [3.8, 4) is 0 Å². The summed E-state index contributed by atoms with van der Waals surface area (Å²) >= 11 is 6.26. The molecule has 108 valence electrons. The van der Waals surface area contributed by atoms with Gasteiger partial charge >= 0.3 is 0 Å². The number of aromatic nitrogens is 2. The average Bonchev–Trinajstić information content (AvgIpc) is 2.66. The highest BCUT2D eigenvalue weighted by Gasteiger charge is 2.27. The van der Waals surface area contributed by atoms with Crippen molar-refractivity contribution in [1.82, 2.24) is 9.78 Å². The lowest BCUT2D eigenvalue weighted by Gasteiger charge is -2.24. The summed E-state index contributed by atoms with van der Waals surface area (Å²) < 4.78 is 14.8. The molecule has 1 atom stereocenters. The van der Waals surface area contributed by atoms with Gasteiger partial charge in [-0.2, -0.15) is 5.10 Å². The molecular formula is C15H18ClFN2O. The summed E-state index contributed by atoms with van der Waals surface area (Å²) in [6.45, 7) is 6.19. The standard InChI is InChI=1S/C15H18ClFN2O/c1-4-19-13(14(16)10(2)18-19)9-15(3,20)11-5-7-12(17)8-6-11/h5-8,20H,4,9H2,1-3H3. The Kier molecular flexibility index (Phi) is 4.16. The summed E-state index contributed by atoms with van der Waals surface area (Å²) in [5.41, 5.74) is 1.06. The van der Waals surface area contributed by atoms with Crippen LogP contribution in [0, 0.1) is 12.7 Å². The molecule has 1 heterocycles. The molecule has 0 bridgehead atoms. The Morgan fingerprint density at radius 3 is 2.50 bits per heavy atom. The zero-order valence-corrected chi connectivity index (χ0v) is 12.6. The summed E-state index contributed by atoms with van der Waals surface area (Å²) in [5, 5.41) is 15.6. The van der Waals surface area contributed by atoms with Crippen LogP contribution < -0.4 is 0 Å². The van der Waals surface area contributed by atoms with Crippen molar-refractivity contribution in [1.29, 1.82) is 0 Å². The smallest absolute Gasteiger partial charge is 0.123 e. The van der Waals surface area contributed by atoms with Gasteiger partial charge in [0.1, 0.15) is 5.82 Å². The molecule has 3 nitrogen and oxygen atoms in total. The molecule has 1 aromatic carbocycles. The predicted molar refractivity (Wildman–Crippen MR) is 77.3 cm³/mol. The molecule has 0 spiro atoms. The maximum atomic E-state index is 13.0. The lowest BCUT2D eigenvalue weighted by atomic mass is 9.91.